The fourth-order valence-corrected chi connectivity index (χ4v) is 2.15. The van der Waals surface area contributed by atoms with Crippen molar-refractivity contribution in [3.8, 4) is 0 Å². The van der Waals surface area contributed by atoms with Crippen molar-refractivity contribution in [3.63, 3.8) is 0 Å². The Morgan fingerprint density at radius 3 is 2.40 bits per heavy atom. The fraction of sp³-hybridized carbons (Fsp3) is 0.438. The molecule has 0 radical (unpaired) electrons. The second kappa shape index (κ2) is 8.48. The number of nitrogens with zero attached hydrogens (tertiary/aromatic N) is 1. The summed E-state index contributed by atoms with van der Waals surface area (Å²) in [6.45, 7) is 4.33. The van der Waals surface area contributed by atoms with E-state index in [1.165, 1.54) is 18.2 Å². The zero-order valence-corrected chi connectivity index (χ0v) is 12.1. The molecule has 110 valence electrons. The van der Waals surface area contributed by atoms with Crippen LogP contribution in [-0.4, -0.2) is 35.1 Å². The Balaban J connectivity index is 2.77. The normalized spacial score (nSPS) is 11.2. The predicted octanol–water partition coefficient (Wildman–Crippen LogP) is 2.85. The lowest BCUT2D eigenvalue weighted by atomic mass is 10.1. The van der Waals surface area contributed by atoms with Gasteiger partial charge in [-0.15, -0.1) is 0 Å². The van der Waals surface area contributed by atoms with E-state index in [1.54, 1.807) is 23.1 Å². The summed E-state index contributed by atoms with van der Waals surface area (Å²) in [5.41, 5.74) is 0.772. The molecule has 4 heteroatoms. The van der Waals surface area contributed by atoms with Gasteiger partial charge in [-0.2, -0.15) is 0 Å². The van der Waals surface area contributed by atoms with Gasteiger partial charge in [-0.1, -0.05) is 26.0 Å². The summed E-state index contributed by atoms with van der Waals surface area (Å²) >= 11 is 0. The van der Waals surface area contributed by atoms with Gasteiger partial charge < -0.3 is 10.0 Å². The van der Waals surface area contributed by atoms with Crippen molar-refractivity contribution in [1.29, 1.82) is 0 Å². The fourth-order valence-electron chi connectivity index (χ4n) is 2.15. The Hall–Kier alpha value is -1.68. The first-order valence-corrected chi connectivity index (χ1v) is 6.97. The molecule has 1 aromatic rings. The Labute approximate surface area is 119 Å². The predicted molar refractivity (Wildman–Crippen MR) is 78.6 cm³/mol. The van der Waals surface area contributed by atoms with Gasteiger partial charge in [-0.3, -0.25) is 4.79 Å². The molecule has 0 fully saturated rings. The van der Waals surface area contributed by atoms with Crippen molar-refractivity contribution in [2.45, 2.75) is 32.7 Å². The molecule has 0 unspecified atom stereocenters. The van der Waals surface area contributed by atoms with Crippen molar-refractivity contribution in [3.05, 3.63) is 41.7 Å². The molecule has 0 atom stereocenters. The van der Waals surface area contributed by atoms with E-state index in [-0.39, 0.29) is 24.4 Å². The Morgan fingerprint density at radius 1 is 1.30 bits per heavy atom. The maximum Gasteiger partial charge on any atom is 0.246 e. The van der Waals surface area contributed by atoms with Crippen molar-refractivity contribution >= 4 is 12.0 Å². The van der Waals surface area contributed by atoms with Crippen molar-refractivity contribution in [2.24, 2.45) is 0 Å². The van der Waals surface area contributed by atoms with Crippen molar-refractivity contribution < 1.29 is 14.3 Å². The minimum Gasteiger partial charge on any atom is -0.395 e. The molecule has 20 heavy (non-hydrogen) atoms. The van der Waals surface area contributed by atoms with Gasteiger partial charge in [-0.25, -0.2) is 4.39 Å². The first kappa shape index (κ1) is 16.4. The van der Waals surface area contributed by atoms with Crippen LogP contribution >= 0.6 is 0 Å². The van der Waals surface area contributed by atoms with Crippen LogP contribution in [0, 0.1) is 5.82 Å². The summed E-state index contributed by atoms with van der Waals surface area (Å²) < 4.78 is 12.8. The van der Waals surface area contributed by atoms with Crippen molar-refractivity contribution in [2.75, 3.05) is 13.2 Å². The lowest BCUT2D eigenvalue weighted by Gasteiger charge is -2.29. The number of aliphatic hydroxyl groups is 1. The first-order chi connectivity index (χ1) is 9.62. The van der Waals surface area contributed by atoms with E-state index < -0.39 is 0 Å². The van der Waals surface area contributed by atoms with Gasteiger partial charge >= 0.3 is 0 Å². The van der Waals surface area contributed by atoms with Crippen LogP contribution in [0.3, 0.4) is 0 Å². The summed E-state index contributed by atoms with van der Waals surface area (Å²) in [6.07, 6.45) is 4.84. The highest BCUT2D eigenvalue weighted by molar-refractivity contribution is 5.92. The molecule has 0 saturated heterocycles. The third kappa shape index (κ3) is 4.78. The van der Waals surface area contributed by atoms with Crippen LogP contribution < -0.4 is 0 Å². The molecule has 1 aromatic carbocycles. The summed E-state index contributed by atoms with van der Waals surface area (Å²) in [4.78, 5) is 13.9. The second-order valence-corrected chi connectivity index (χ2v) is 4.61. The molecule has 0 bridgehead atoms. The van der Waals surface area contributed by atoms with Gasteiger partial charge in [0.25, 0.3) is 0 Å². The Kier molecular flexibility index (Phi) is 6.94. The molecule has 0 aromatic heterocycles. The van der Waals surface area contributed by atoms with E-state index >= 15 is 0 Å². The van der Waals surface area contributed by atoms with Gasteiger partial charge in [0, 0.05) is 18.7 Å². The highest BCUT2D eigenvalue weighted by atomic mass is 19.1. The van der Waals surface area contributed by atoms with Crippen LogP contribution in [0.25, 0.3) is 6.08 Å². The summed E-state index contributed by atoms with van der Waals surface area (Å²) in [5, 5.41) is 9.08. The number of aliphatic hydroxyl groups excluding tert-OH is 1. The number of hydrogen-bond acceptors (Lipinski definition) is 2. The van der Waals surface area contributed by atoms with E-state index in [1.807, 2.05) is 13.8 Å². The zero-order chi connectivity index (χ0) is 15.0. The third-order valence-electron chi connectivity index (χ3n) is 3.30. The topological polar surface area (TPSA) is 40.5 Å². The van der Waals surface area contributed by atoms with E-state index in [9.17, 15) is 9.18 Å². The van der Waals surface area contributed by atoms with Crippen LogP contribution in [0.2, 0.25) is 0 Å². The maximum atomic E-state index is 12.8. The average molecular weight is 279 g/mol. The molecule has 0 aliphatic rings. The molecule has 1 amide bonds. The number of carbonyl (C=O) groups excluding carboxylic acids is 1. The number of hydrogen-bond donors (Lipinski definition) is 1. The van der Waals surface area contributed by atoms with Gasteiger partial charge in [0.1, 0.15) is 5.82 Å². The van der Waals surface area contributed by atoms with Gasteiger partial charge in [-0.05, 0) is 36.6 Å². The van der Waals surface area contributed by atoms with Gasteiger partial charge in [0.15, 0.2) is 0 Å². The molecule has 0 aliphatic heterocycles. The maximum absolute atomic E-state index is 12.8. The second-order valence-electron chi connectivity index (χ2n) is 4.61. The number of halogens is 1. The third-order valence-corrected chi connectivity index (χ3v) is 3.30. The van der Waals surface area contributed by atoms with E-state index in [0.29, 0.717) is 6.54 Å². The Morgan fingerprint density at radius 2 is 1.90 bits per heavy atom. The molecule has 0 heterocycles. The number of amides is 1. The largest absolute Gasteiger partial charge is 0.395 e. The average Bonchev–Trinajstić information content (AvgIpc) is 2.46. The molecule has 1 rings (SSSR count). The monoisotopic (exact) mass is 279 g/mol. The Bertz CT molecular complexity index is 438. The van der Waals surface area contributed by atoms with Crippen LogP contribution in [0.5, 0.6) is 0 Å². The minimum atomic E-state index is -0.299. The zero-order valence-electron chi connectivity index (χ0n) is 12.1. The number of rotatable bonds is 7. The molecule has 3 nitrogen and oxygen atoms in total. The van der Waals surface area contributed by atoms with Gasteiger partial charge in [0.2, 0.25) is 5.91 Å². The van der Waals surface area contributed by atoms with Crippen LogP contribution in [-0.2, 0) is 4.79 Å². The summed E-state index contributed by atoms with van der Waals surface area (Å²) in [5.74, 6) is -0.426. The van der Waals surface area contributed by atoms with Gasteiger partial charge in [0.05, 0.1) is 6.61 Å². The smallest absolute Gasteiger partial charge is 0.246 e. The lowest BCUT2D eigenvalue weighted by Crippen LogP contribution is -2.40. The molecule has 1 N–H and O–H groups in total. The van der Waals surface area contributed by atoms with E-state index in [0.717, 1.165) is 18.4 Å². The SMILES string of the molecule is CCC(CC)N(CCO)C(=O)C=Cc1ccc(F)cc1. The molecule has 0 aliphatic carbocycles. The number of benzene rings is 1. The standard InChI is InChI=1S/C16H22FNO2/c1-3-15(4-2)18(11-12-19)16(20)10-7-13-5-8-14(17)9-6-13/h5-10,15,19H,3-4,11-12H2,1-2H3. The van der Waals surface area contributed by atoms with E-state index in [4.69, 9.17) is 5.11 Å². The quantitative estimate of drug-likeness (QED) is 0.780. The lowest BCUT2D eigenvalue weighted by molar-refractivity contribution is -0.128. The highest BCUT2D eigenvalue weighted by Gasteiger charge is 2.18. The van der Waals surface area contributed by atoms with Crippen molar-refractivity contribution in [1.82, 2.24) is 4.90 Å². The molecule has 0 saturated carbocycles. The first-order valence-electron chi connectivity index (χ1n) is 6.97. The van der Waals surface area contributed by atoms with E-state index in [2.05, 4.69) is 0 Å². The number of carbonyl (C=O) groups is 1. The minimum absolute atomic E-state index is 0.0490. The summed E-state index contributed by atoms with van der Waals surface area (Å²) in [6, 6.07) is 6.08. The molecular formula is C16H22FNO2. The van der Waals surface area contributed by atoms with Crippen LogP contribution in [0.4, 0.5) is 4.39 Å². The molecular weight excluding hydrogens is 257 g/mol. The van der Waals surface area contributed by atoms with Crippen LogP contribution in [0.1, 0.15) is 32.3 Å². The van der Waals surface area contributed by atoms with Crippen LogP contribution in [0.15, 0.2) is 30.3 Å². The summed E-state index contributed by atoms with van der Waals surface area (Å²) in [7, 11) is 0. The molecule has 0 spiro atoms. The highest BCUT2D eigenvalue weighted by Crippen LogP contribution is 2.10.